The number of nitrogens with one attached hydrogen (secondary N) is 1. The minimum Gasteiger partial charge on any atom is -0.307 e. The zero-order valence-corrected chi connectivity index (χ0v) is 11.1. The van der Waals surface area contributed by atoms with Crippen molar-refractivity contribution in [2.45, 2.75) is 38.6 Å². The highest BCUT2D eigenvalue weighted by molar-refractivity contribution is 7.90. The lowest BCUT2D eigenvalue weighted by molar-refractivity contribution is 0.588. The maximum Gasteiger partial charge on any atom is 0.157 e. The average molecular weight is 255 g/mol. The fourth-order valence-electron chi connectivity index (χ4n) is 1.92. The molecular weight excluding hydrogens is 238 g/mol. The molecular formula is C11H17N3O2S. The Morgan fingerprint density at radius 3 is 2.65 bits per heavy atom. The lowest BCUT2D eigenvalue weighted by Gasteiger charge is -2.12. The molecule has 1 unspecified atom stereocenters. The Morgan fingerprint density at radius 1 is 1.35 bits per heavy atom. The summed E-state index contributed by atoms with van der Waals surface area (Å²) in [5.41, 5.74) is 3.05. The van der Waals surface area contributed by atoms with Crippen molar-refractivity contribution in [2.75, 3.05) is 6.26 Å². The first-order valence-electron chi connectivity index (χ1n) is 5.71. The average Bonchev–Trinajstić information content (AvgIpc) is 2.73. The Bertz CT molecular complexity index is 540. The van der Waals surface area contributed by atoms with E-state index in [0.29, 0.717) is 12.4 Å². The van der Waals surface area contributed by atoms with Gasteiger partial charge in [-0.05, 0) is 13.3 Å². The first kappa shape index (κ1) is 12.4. The van der Waals surface area contributed by atoms with Crippen molar-refractivity contribution in [3.63, 3.8) is 0 Å². The molecule has 17 heavy (non-hydrogen) atoms. The fourth-order valence-corrected chi connectivity index (χ4v) is 2.41. The molecule has 1 aliphatic heterocycles. The normalized spacial score (nSPS) is 16.9. The molecule has 0 spiro atoms. The molecule has 0 bridgehead atoms. The van der Waals surface area contributed by atoms with Gasteiger partial charge in [-0.2, -0.15) is 0 Å². The van der Waals surface area contributed by atoms with E-state index in [1.807, 2.05) is 6.92 Å². The molecule has 94 valence electrons. The molecule has 1 atom stereocenters. The number of fused-ring (bicyclic) bond motifs is 1. The summed E-state index contributed by atoms with van der Waals surface area (Å²) in [4.78, 5) is 8.77. The van der Waals surface area contributed by atoms with Crippen LogP contribution in [0.2, 0.25) is 0 Å². The molecule has 0 radical (unpaired) electrons. The molecule has 6 heteroatoms. The van der Waals surface area contributed by atoms with Crippen LogP contribution in [0.25, 0.3) is 0 Å². The van der Waals surface area contributed by atoms with Crippen molar-refractivity contribution < 1.29 is 8.42 Å². The van der Waals surface area contributed by atoms with Gasteiger partial charge >= 0.3 is 0 Å². The summed E-state index contributed by atoms with van der Waals surface area (Å²) in [6, 6.07) is 0. The third kappa shape index (κ3) is 2.32. The van der Waals surface area contributed by atoms with Crippen molar-refractivity contribution >= 4 is 9.84 Å². The molecule has 0 saturated heterocycles. The van der Waals surface area contributed by atoms with Crippen molar-refractivity contribution in [1.82, 2.24) is 15.3 Å². The van der Waals surface area contributed by atoms with E-state index >= 15 is 0 Å². The second kappa shape index (κ2) is 4.34. The van der Waals surface area contributed by atoms with E-state index in [-0.39, 0.29) is 0 Å². The summed E-state index contributed by atoms with van der Waals surface area (Å²) in [5.74, 6) is 0.423. The van der Waals surface area contributed by atoms with Crippen molar-refractivity contribution in [3.05, 3.63) is 22.8 Å². The van der Waals surface area contributed by atoms with Crippen LogP contribution in [-0.2, 0) is 29.3 Å². The van der Waals surface area contributed by atoms with Crippen LogP contribution in [0.5, 0.6) is 0 Å². The van der Waals surface area contributed by atoms with Crippen LogP contribution in [-0.4, -0.2) is 24.6 Å². The fraction of sp³-hybridized carbons (Fsp3) is 0.636. The van der Waals surface area contributed by atoms with Gasteiger partial charge in [0, 0.05) is 30.6 Å². The topological polar surface area (TPSA) is 72.0 Å². The smallest absolute Gasteiger partial charge is 0.157 e. The summed E-state index contributed by atoms with van der Waals surface area (Å²) in [7, 11) is -3.14. The highest BCUT2D eigenvalue weighted by atomic mass is 32.2. The van der Waals surface area contributed by atoms with E-state index < -0.39 is 15.1 Å². The number of aryl methyl sites for hydroxylation is 1. The molecule has 0 aromatic carbocycles. The van der Waals surface area contributed by atoms with Crippen molar-refractivity contribution in [2.24, 2.45) is 0 Å². The van der Waals surface area contributed by atoms with Crippen LogP contribution in [0.15, 0.2) is 0 Å². The number of rotatable bonds is 3. The number of sulfone groups is 1. The molecule has 0 fully saturated rings. The second-order valence-corrected chi connectivity index (χ2v) is 6.75. The standard InChI is InChI=1S/C11H17N3O2S/c1-4-9-8-5-12-6-10(8)14-11(13-9)7(2)17(3,15)16/h7,12H,4-6H2,1-3H3. The Labute approximate surface area is 102 Å². The molecule has 1 aromatic rings. The molecule has 0 aliphatic carbocycles. The highest BCUT2D eigenvalue weighted by Gasteiger charge is 2.24. The van der Waals surface area contributed by atoms with E-state index in [0.717, 1.165) is 29.9 Å². The van der Waals surface area contributed by atoms with Gasteiger partial charge in [-0.25, -0.2) is 18.4 Å². The molecule has 2 rings (SSSR count). The second-order valence-electron chi connectivity index (χ2n) is 4.38. The molecule has 0 amide bonds. The van der Waals surface area contributed by atoms with Crippen LogP contribution in [0.4, 0.5) is 0 Å². The molecule has 5 nitrogen and oxygen atoms in total. The SMILES string of the molecule is CCc1nc(C(C)S(C)(=O)=O)nc2c1CNC2. The predicted molar refractivity (Wildman–Crippen MR) is 65.2 cm³/mol. The molecule has 0 saturated carbocycles. The van der Waals surface area contributed by atoms with E-state index in [1.165, 1.54) is 6.26 Å². The number of hydrogen-bond donors (Lipinski definition) is 1. The molecule has 1 N–H and O–H groups in total. The third-order valence-corrected chi connectivity index (χ3v) is 4.63. The molecule has 1 aliphatic rings. The van der Waals surface area contributed by atoms with Gasteiger partial charge in [0.1, 0.15) is 11.1 Å². The largest absolute Gasteiger partial charge is 0.307 e. The number of aromatic nitrogens is 2. The lowest BCUT2D eigenvalue weighted by Crippen LogP contribution is -2.14. The van der Waals surface area contributed by atoms with Crippen LogP contribution >= 0.6 is 0 Å². The Kier molecular flexibility index (Phi) is 3.18. The van der Waals surface area contributed by atoms with Gasteiger partial charge in [0.25, 0.3) is 0 Å². The van der Waals surface area contributed by atoms with Crippen molar-refractivity contribution in [1.29, 1.82) is 0 Å². The maximum atomic E-state index is 11.5. The van der Waals surface area contributed by atoms with Gasteiger partial charge in [-0.15, -0.1) is 0 Å². The summed E-state index contributed by atoms with van der Waals surface area (Å²) in [5, 5.41) is 2.58. The Hall–Kier alpha value is -1.01. The van der Waals surface area contributed by atoms with E-state index in [9.17, 15) is 8.42 Å². The summed E-state index contributed by atoms with van der Waals surface area (Å²) in [6.07, 6.45) is 2.02. The monoisotopic (exact) mass is 255 g/mol. The van der Waals surface area contributed by atoms with Crippen LogP contribution in [0.1, 0.15) is 41.9 Å². The van der Waals surface area contributed by atoms with E-state index in [2.05, 4.69) is 15.3 Å². The summed E-state index contributed by atoms with van der Waals surface area (Å²) >= 11 is 0. The lowest BCUT2D eigenvalue weighted by atomic mass is 10.1. The van der Waals surface area contributed by atoms with Gasteiger partial charge in [0.05, 0.1) is 5.69 Å². The first-order valence-corrected chi connectivity index (χ1v) is 7.67. The predicted octanol–water partition coefficient (Wildman–Crippen LogP) is 0.748. The summed E-state index contributed by atoms with van der Waals surface area (Å²) < 4.78 is 23.1. The number of hydrogen-bond acceptors (Lipinski definition) is 5. The Morgan fingerprint density at radius 2 is 2.06 bits per heavy atom. The Balaban J connectivity index is 2.51. The van der Waals surface area contributed by atoms with Gasteiger partial charge in [0.2, 0.25) is 0 Å². The molecule has 2 heterocycles. The minimum absolute atomic E-state index is 0.423. The number of nitrogens with zero attached hydrogens (tertiary/aromatic N) is 2. The van der Waals surface area contributed by atoms with Crippen LogP contribution in [0, 0.1) is 0 Å². The van der Waals surface area contributed by atoms with E-state index in [4.69, 9.17) is 0 Å². The quantitative estimate of drug-likeness (QED) is 0.863. The van der Waals surface area contributed by atoms with Crippen LogP contribution in [0.3, 0.4) is 0 Å². The zero-order valence-electron chi connectivity index (χ0n) is 10.3. The van der Waals surface area contributed by atoms with Gasteiger partial charge in [-0.1, -0.05) is 6.92 Å². The zero-order chi connectivity index (χ0) is 12.6. The van der Waals surface area contributed by atoms with Crippen LogP contribution < -0.4 is 5.32 Å². The highest BCUT2D eigenvalue weighted by Crippen LogP contribution is 2.23. The summed E-state index contributed by atoms with van der Waals surface area (Å²) in [6.45, 7) is 5.15. The van der Waals surface area contributed by atoms with E-state index in [1.54, 1.807) is 6.92 Å². The van der Waals surface area contributed by atoms with Gasteiger partial charge < -0.3 is 5.32 Å². The molecule has 1 aromatic heterocycles. The van der Waals surface area contributed by atoms with Gasteiger partial charge in [-0.3, -0.25) is 0 Å². The first-order chi connectivity index (χ1) is 7.93. The third-order valence-electron chi connectivity index (χ3n) is 3.13. The maximum absolute atomic E-state index is 11.5. The minimum atomic E-state index is -3.14. The van der Waals surface area contributed by atoms with Crippen molar-refractivity contribution in [3.8, 4) is 0 Å². The van der Waals surface area contributed by atoms with Gasteiger partial charge in [0.15, 0.2) is 9.84 Å².